The third-order valence-electron chi connectivity index (χ3n) is 2.65. The highest BCUT2D eigenvalue weighted by Gasteiger charge is 2.29. The molecule has 2 rings (SSSR count). The van der Waals surface area contributed by atoms with Gasteiger partial charge in [-0.2, -0.15) is 0 Å². The van der Waals surface area contributed by atoms with Crippen LogP contribution < -0.4 is 10.1 Å². The van der Waals surface area contributed by atoms with E-state index in [1.807, 2.05) is 12.1 Å². The molecule has 0 bridgehead atoms. The van der Waals surface area contributed by atoms with Gasteiger partial charge < -0.3 is 10.1 Å². The molecular formula is C11H14FNO. The Morgan fingerprint density at radius 2 is 2.21 bits per heavy atom. The van der Waals surface area contributed by atoms with Crippen molar-refractivity contribution in [2.75, 3.05) is 13.7 Å². The van der Waals surface area contributed by atoms with E-state index < -0.39 is 6.17 Å². The van der Waals surface area contributed by atoms with Crippen molar-refractivity contribution in [3.63, 3.8) is 0 Å². The second kappa shape index (κ2) is 3.96. The summed E-state index contributed by atoms with van der Waals surface area (Å²) >= 11 is 0. The van der Waals surface area contributed by atoms with Gasteiger partial charge in [0.15, 0.2) is 0 Å². The molecule has 3 heteroatoms. The molecule has 1 saturated heterocycles. The summed E-state index contributed by atoms with van der Waals surface area (Å²) in [5.41, 5.74) is 0.646. The summed E-state index contributed by atoms with van der Waals surface area (Å²) in [6, 6.07) is 7.22. The van der Waals surface area contributed by atoms with Crippen molar-refractivity contribution in [1.29, 1.82) is 0 Å². The van der Waals surface area contributed by atoms with Gasteiger partial charge in [-0.15, -0.1) is 0 Å². The first-order chi connectivity index (χ1) is 6.83. The first-order valence-corrected chi connectivity index (χ1v) is 4.83. The van der Waals surface area contributed by atoms with E-state index in [9.17, 15) is 4.39 Å². The zero-order chi connectivity index (χ0) is 9.97. The van der Waals surface area contributed by atoms with E-state index in [-0.39, 0.29) is 6.04 Å². The molecule has 76 valence electrons. The fraction of sp³-hybridized carbons (Fsp3) is 0.455. The number of alkyl halides is 1. The minimum absolute atomic E-state index is 0.0358. The van der Waals surface area contributed by atoms with Crippen LogP contribution in [0.5, 0.6) is 5.75 Å². The SMILES string of the molecule is COc1ccccc1C(F)C1CCN1. The van der Waals surface area contributed by atoms with Crippen molar-refractivity contribution in [3.8, 4) is 5.75 Å². The molecule has 1 aromatic rings. The van der Waals surface area contributed by atoms with E-state index in [1.54, 1.807) is 19.2 Å². The molecule has 1 fully saturated rings. The van der Waals surface area contributed by atoms with Crippen LogP contribution in [0.4, 0.5) is 4.39 Å². The number of hydrogen-bond donors (Lipinski definition) is 1. The number of hydrogen-bond acceptors (Lipinski definition) is 2. The standard InChI is InChI=1S/C11H14FNO/c1-14-10-5-3-2-4-8(10)11(12)9-6-7-13-9/h2-5,9,11,13H,6-7H2,1H3. The molecule has 1 N–H and O–H groups in total. The predicted octanol–water partition coefficient (Wildman–Crippen LogP) is 2.07. The number of nitrogens with one attached hydrogen (secondary N) is 1. The predicted molar refractivity (Wildman–Crippen MR) is 53.3 cm³/mol. The Kier molecular flexibility index (Phi) is 2.68. The van der Waals surface area contributed by atoms with E-state index >= 15 is 0 Å². The maximum absolute atomic E-state index is 13.9. The summed E-state index contributed by atoms with van der Waals surface area (Å²) in [6.45, 7) is 0.917. The smallest absolute Gasteiger partial charge is 0.144 e. The molecule has 2 nitrogen and oxygen atoms in total. The third-order valence-corrected chi connectivity index (χ3v) is 2.65. The van der Waals surface area contributed by atoms with Crippen LogP contribution in [0.2, 0.25) is 0 Å². The molecule has 14 heavy (non-hydrogen) atoms. The fourth-order valence-electron chi connectivity index (χ4n) is 1.67. The third kappa shape index (κ3) is 1.60. The van der Waals surface area contributed by atoms with Crippen molar-refractivity contribution in [2.45, 2.75) is 18.6 Å². The van der Waals surface area contributed by atoms with Crippen molar-refractivity contribution < 1.29 is 9.13 Å². The van der Waals surface area contributed by atoms with Gasteiger partial charge in [-0.25, -0.2) is 4.39 Å². The van der Waals surface area contributed by atoms with Crippen LogP contribution in [0.15, 0.2) is 24.3 Å². The van der Waals surface area contributed by atoms with Crippen LogP contribution in [-0.4, -0.2) is 19.7 Å². The van der Waals surface area contributed by atoms with Crippen molar-refractivity contribution >= 4 is 0 Å². The minimum Gasteiger partial charge on any atom is -0.496 e. The molecule has 1 aliphatic heterocycles. The fourth-order valence-corrected chi connectivity index (χ4v) is 1.67. The summed E-state index contributed by atoms with van der Waals surface area (Å²) < 4.78 is 19.0. The molecule has 1 aliphatic rings. The molecule has 0 spiro atoms. The van der Waals surface area contributed by atoms with Gasteiger partial charge in [0, 0.05) is 11.6 Å². The number of ether oxygens (including phenoxy) is 1. The average Bonchev–Trinajstić information content (AvgIpc) is 2.15. The van der Waals surface area contributed by atoms with Gasteiger partial charge >= 0.3 is 0 Å². The number of halogens is 1. The molecule has 0 aliphatic carbocycles. The number of methoxy groups -OCH3 is 1. The summed E-state index contributed by atoms with van der Waals surface area (Å²) in [5.74, 6) is 0.633. The molecule has 0 saturated carbocycles. The lowest BCUT2D eigenvalue weighted by molar-refractivity contribution is 0.190. The zero-order valence-corrected chi connectivity index (χ0v) is 8.16. The van der Waals surface area contributed by atoms with Gasteiger partial charge in [0.05, 0.1) is 7.11 Å². The van der Waals surface area contributed by atoms with Crippen molar-refractivity contribution in [2.24, 2.45) is 0 Å². The summed E-state index contributed by atoms with van der Waals surface area (Å²) in [7, 11) is 1.57. The van der Waals surface area contributed by atoms with Crippen LogP contribution >= 0.6 is 0 Å². The van der Waals surface area contributed by atoms with E-state index in [0.717, 1.165) is 13.0 Å². The van der Waals surface area contributed by atoms with Gasteiger partial charge in [0.2, 0.25) is 0 Å². The monoisotopic (exact) mass is 195 g/mol. The minimum atomic E-state index is -0.958. The van der Waals surface area contributed by atoms with Crippen LogP contribution in [0.1, 0.15) is 18.2 Å². The van der Waals surface area contributed by atoms with E-state index in [4.69, 9.17) is 4.74 Å². The quantitative estimate of drug-likeness (QED) is 0.797. The van der Waals surface area contributed by atoms with Gasteiger partial charge in [-0.3, -0.25) is 0 Å². The Balaban J connectivity index is 2.20. The molecule has 2 atom stereocenters. The normalized spacial score (nSPS) is 22.6. The maximum Gasteiger partial charge on any atom is 0.144 e. The summed E-state index contributed by atoms with van der Waals surface area (Å²) in [6.07, 6.45) is -0.0564. The summed E-state index contributed by atoms with van der Waals surface area (Å²) in [5, 5.41) is 3.06. The maximum atomic E-state index is 13.9. The Morgan fingerprint density at radius 1 is 1.50 bits per heavy atom. The van der Waals surface area contributed by atoms with E-state index in [0.29, 0.717) is 11.3 Å². The highest BCUT2D eigenvalue weighted by Crippen LogP contribution is 2.32. The Labute approximate surface area is 83.1 Å². The molecule has 0 aromatic heterocycles. The zero-order valence-electron chi connectivity index (χ0n) is 8.16. The number of benzene rings is 1. The number of rotatable bonds is 3. The van der Waals surface area contributed by atoms with Crippen LogP contribution in [0, 0.1) is 0 Å². The second-order valence-electron chi connectivity index (χ2n) is 3.49. The summed E-state index contributed by atoms with van der Waals surface area (Å²) in [4.78, 5) is 0. The molecule has 1 aromatic carbocycles. The highest BCUT2D eigenvalue weighted by atomic mass is 19.1. The van der Waals surface area contributed by atoms with Crippen LogP contribution in [0.3, 0.4) is 0 Å². The average molecular weight is 195 g/mol. The largest absolute Gasteiger partial charge is 0.496 e. The Hall–Kier alpha value is -1.09. The Bertz CT molecular complexity index is 312. The molecule has 0 amide bonds. The first-order valence-electron chi connectivity index (χ1n) is 4.83. The van der Waals surface area contributed by atoms with E-state index in [2.05, 4.69) is 5.32 Å². The molecule has 0 radical (unpaired) electrons. The lowest BCUT2D eigenvalue weighted by Crippen LogP contribution is -2.45. The van der Waals surface area contributed by atoms with Gasteiger partial charge in [-0.1, -0.05) is 18.2 Å². The number of para-hydroxylation sites is 1. The van der Waals surface area contributed by atoms with Gasteiger partial charge in [0.25, 0.3) is 0 Å². The molecular weight excluding hydrogens is 181 g/mol. The second-order valence-corrected chi connectivity index (χ2v) is 3.49. The van der Waals surface area contributed by atoms with Crippen LogP contribution in [0.25, 0.3) is 0 Å². The highest BCUT2D eigenvalue weighted by molar-refractivity contribution is 5.36. The molecule has 1 heterocycles. The molecule has 2 unspecified atom stereocenters. The van der Waals surface area contributed by atoms with Gasteiger partial charge in [-0.05, 0) is 19.0 Å². The van der Waals surface area contributed by atoms with Gasteiger partial charge in [0.1, 0.15) is 11.9 Å². The lowest BCUT2D eigenvalue weighted by Gasteiger charge is -2.31. The lowest BCUT2D eigenvalue weighted by atomic mass is 9.95. The topological polar surface area (TPSA) is 21.3 Å². The van der Waals surface area contributed by atoms with Crippen molar-refractivity contribution in [1.82, 2.24) is 5.32 Å². The van der Waals surface area contributed by atoms with Crippen LogP contribution in [-0.2, 0) is 0 Å². The van der Waals surface area contributed by atoms with Crippen molar-refractivity contribution in [3.05, 3.63) is 29.8 Å². The Morgan fingerprint density at radius 3 is 2.79 bits per heavy atom. The van der Waals surface area contributed by atoms with E-state index in [1.165, 1.54) is 0 Å². The first kappa shape index (κ1) is 9.46.